The van der Waals surface area contributed by atoms with Crippen LogP contribution in [-0.4, -0.2) is 22.8 Å². The van der Waals surface area contributed by atoms with Crippen molar-refractivity contribution in [1.82, 2.24) is 9.97 Å². The summed E-state index contributed by atoms with van der Waals surface area (Å²) in [5.74, 6) is 0.597. The molecule has 0 amide bonds. The monoisotopic (exact) mass is 196 g/mol. The van der Waals surface area contributed by atoms with Crippen molar-refractivity contribution in [3.63, 3.8) is 0 Å². The third-order valence-corrected chi connectivity index (χ3v) is 1.98. The molecule has 3 nitrogen and oxygen atoms in total. The number of rotatable bonds is 4. The minimum atomic E-state index is 0.597. The predicted molar refractivity (Wildman–Crippen MR) is 54.5 cm³/mol. The molecule has 0 unspecified atom stereocenters. The van der Waals surface area contributed by atoms with Crippen LogP contribution in [0.5, 0.6) is 0 Å². The molecule has 1 aromatic rings. The molecule has 0 saturated heterocycles. The summed E-state index contributed by atoms with van der Waals surface area (Å²) in [6, 6.07) is 1.79. The first-order valence-corrected chi connectivity index (χ1v) is 5.19. The Morgan fingerprint density at radius 3 is 3.08 bits per heavy atom. The Balaban J connectivity index is 2.82. The van der Waals surface area contributed by atoms with Crippen LogP contribution in [0.1, 0.15) is 12.6 Å². The van der Waals surface area contributed by atoms with E-state index in [1.165, 1.54) is 11.8 Å². The number of hydrogen-bond acceptors (Lipinski definition) is 4. The van der Waals surface area contributed by atoms with Crippen molar-refractivity contribution in [2.24, 2.45) is 0 Å². The van der Waals surface area contributed by atoms with Crippen molar-refractivity contribution >= 4 is 17.5 Å². The zero-order valence-electron chi connectivity index (χ0n) is 7.78. The second-order valence-electron chi connectivity index (χ2n) is 2.28. The molecule has 0 aliphatic heterocycles. The highest BCUT2D eigenvalue weighted by atomic mass is 32.2. The van der Waals surface area contributed by atoms with Crippen LogP contribution in [0.2, 0.25) is 0 Å². The van der Waals surface area contributed by atoms with Crippen LogP contribution in [-0.2, 0) is 4.74 Å². The Morgan fingerprint density at radius 1 is 1.69 bits per heavy atom. The first-order chi connectivity index (χ1) is 6.27. The van der Waals surface area contributed by atoms with Gasteiger partial charge >= 0.3 is 0 Å². The fraction of sp³-hybridized carbons (Fsp3) is 0.333. The van der Waals surface area contributed by atoms with Crippen LogP contribution in [0.3, 0.4) is 0 Å². The lowest BCUT2D eigenvalue weighted by atomic mass is 10.4. The number of ether oxygens (including phenoxy) is 1. The summed E-state index contributed by atoms with van der Waals surface area (Å²) in [5.41, 5.74) is 0.751. The molecule has 0 aromatic carbocycles. The summed E-state index contributed by atoms with van der Waals surface area (Å²) >= 11 is 1.50. The average Bonchev–Trinajstić information content (AvgIpc) is 2.18. The highest BCUT2D eigenvalue weighted by molar-refractivity contribution is 7.98. The molecule has 4 heteroatoms. The Labute approximate surface area is 82.2 Å². The number of thioether (sulfide) groups is 1. The van der Waals surface area contributed by atoms with Gasteiger partial charge in [0.25, 0.3) is 0 Å². The molecule has 0 N–H and O–H groups in total. The summed E-state index contributed by atoms with van der Waals surface area (Å²) in [5, 5.41) is 0.735. The maximum atomic E-state index is 5.23. The zero-order chi connectivity index (χ0) is 9.68. The van der Waals surface area contributed by atoms with E-state index in [1.54, 1.807) is 12.3 Å². The molecule has 0 spiro atoms. The first kappa shape index (κ1) is 10.1. The minimum absolute atomic E-state index is 0.597. The largest absolute Gasteiger partial charge is 0.492 e. The number of nitrogens with zero attached hydrogens (tertiary/aromatic N) is 2. The van der Waals surface area contributed by atoms with Crippen molar-refractivity contribution in [2.45, 2.75) is 12.1 Å². The van der Waals surface area contributed by atoms with Gasteiger partial charge in [-0.15, -0.1) is 0 Å². The topological polar surface area (TPSA) is 35.0 Å². The standard InChI is InChI=1S/C9H12N2OS/c1-4-12-7(2)8-5-6-10-9(11-8)13-3/h5-6H,2,4H2,1,3H3. The van der Waals surface area contributed by atoms with E-state index in [2.05, 4.69) is 16.5 Å². The van der Waals surface area contributed by atoms with Crippen molar-refractivity contribution in [3.8, 4) is 0 Å². The lowest BCUT2D eigenvalue weighted by Crippen LogP contribution is -1.95. The quantitative estimate of drug-likeness (QED) is 0.420. The molecule has 1 rings (SSSR count). The second-order valence-corrected chi connectivity index (χ2v) is 3.06. The summed E-state index contributed by atoms with van der Waals surface area (Å²) in [7, 11) is 0. The van der Waals surface area contributed by atoms with Crippen LogP contribution in [0, 0.1) is 0 Å². The summed E-state index contributed by atoms with van der Waals surface area (Å²) in [6.07, 6.45) is 3.64. The number of aromatic nitrogens is 2. The molecule has 13 heavy (non-hydrogen) atoms. The van der Waals surface area contributed by atoms with Crippen LogP contribution in [0.25, 0.3) is 5.76 Å². The fourth-order valence-electron chi connectivity index (χ4n) is 0.843. The summed E-state index contributed by atoms with van der Waals surface area (Å²) in [4.78, 5) is 8.29. The molecule has 0 fully saturated rings. The third-order valence-electron chi connectivity index (χ3n) is 1.42. The maximum absolute atomic E-state index is 5.23. The van der Waals surface area contributed by atoms with E-state index in [9.17, 15) is 0 Å². The van der Waals surface area contributed by atoms with Gasteiger partial charge in [-0.1, -0.05) is 18.3 Å². The van der Waals surface area contributed by atoms with Gasteiger partial charge in [0.2, 0.25) is 0 Å². The smallest absolute Gasteiger partial charge is 0.187 e. The molecule has 0 atom stereocenters. The van der Waals surface area contributed by atoms with Gasteiger partial charge in [0.05, 0.1) is 6.61 Å². The van der Waals surface area contributed by atoms with E-state index in [1.807, 2.05) is 13.2 Å². The van der Waals surface area contributed by atoms with Gasteiger partial charge in [0, 0.05) is 6.20 Å². The molecule has 0 bridgehead atoms. The van der Waals surface area contributed by atoms with Gasteiger partial charge in [-0.05, 0) is 19.2 Å². The molecular formula is C9H12N2OS. The van der Waals surface area contributed by atoms with Crippen molar-refractivity contribution in [2.75, 3.05) is 12.9 Å². The Kier molecular flexibility index (Phi) is 3.76. The van der Waals surface area contributed by atoms with E-state index < -0.39 is 0 Å². The normalized spacial score (nSPS) is 9.69. The minimum Gasteiger partial charge on any atom is -0.492 e. The third kappa shape index (κ3) is 2.73. The van der Waals surface area contributed by atoms with Crippen molar-refractivity contribution < 1.29 is 4.74 Å². The highest BCUT2D eigenvalue weighted by Gasteiger charge is 2.02. The van der Waals surface area contributed by atoms with E-state index >= 15 is 0 Å². The predicted octanol–water partition coefficient (Wildman–Crippen LogP) is 2.21. The van der Waals surface area contributed by atoms with E-state index in [4.69, 9.17) is 4.74 Å². The van der Waals surface area contributed by atoms with Gasteiger partial charge in [-0.3, -0.25) is 0 Å². The van der Waals surface area contributed by atoms with Crippen LogP contribution in [0.4, 0.5) is 0 Å². The van der Waals surface area contributed by atoms with Crippen LogP contribution < -0.4 is 0 Å². The Bertz CT molecular complexity index is 301. The molecule has 0 aliphatic carbocycles. The van der Waals surface area contributed by atoms with Gasteiger partial charge in [0.1, 0.15) is 11.5 Å². The van der Waals surface area contributed by atoms with Gasteiger partial charge in [-0.2, -0.15) is 0 Å². The van der Waals surface area contributed by atoms with E-state index in [0.29, 0.717) is 12.4 Å². The fourth-order valence-corrected chi connectivity index (χ4v) is 1.20. The molecule has 1 aromatic heterocycles. The average molecular weight is 196 g/mol. The molecular weight excluding hydrogens is 184 g/mol. The lowest BCUT2D eigenvalue weighted by molar-refractivity contribution is 0.297. The maximum Gasteiger partial charge on any atom is 0.187 e. The zero-order valence-corrected chi connectivity index (χ0v) is 8.60. The first-order valence-electron chi connectivity index (χ1n) is 3.97. The SMILES string of the molecule is C=C(OCC)c1ccnc(SC)n1. The Hall–Kier alpha value is -1.03. The number of hydrogen-bond donors (Lipinski definition) is 0. The van der Waals surface area contributed by atoms with E-state index in [0.717, 1.165) is 10.9 Å². The molecule has 70 valence electrons. The van der Waals surface area contributed by atoms with Crippen LogP contribution in [0.15, 0.2) is 24.0 Å². The van der Waals surface area contributed by atoms with Gasteiger partial charge in [0.15, 0.2) is 5.16 Å². The Morgan fingerprint density at radius 2 is 2.46 bits per heavy atom. The molecule has 0 saturated carbocycles. The van der Waals surface area contributed by atoms with Crippen molar-refractivity contribution in [1.29, 1.82) is 0 Å². The van der Waals surface area contributed by atoms with E-state index in [-0.39, 0.29) is 0 Å². The molecule has 0 radical (unpaired) electrons. The molecule has 1 heterocycles. The second kappa shape index (κ2) is 4.87. The van der Waals surface area contributed by atoms with Crippen molar-refractivity contribution in [3.05, 3.63) is 24.5 Å². The van der Waals surface area contributed by atoms with Crippen LogP contribution >= 0.6 is 11.8 Å². The molecule has 0 aliphatic rings. The summed E-state index contributed by atoms with van der Waals surface area (Å²) < 4.78 is 5.23. The van der Waals surface area contributed by atoms with Gasteiger partial charge < -0.3 is 4.74 Å². The highest BCUT2D eigenvalue weighted by Crippen LogP contribution is 2.13. The lowest BCUT2D eigenvalue weighted by Gasteiger charge is -2.05. The van der Waals surface area contributed by atoms with Gasteiger partial charge in [-0.25, -0.2) is 9.97 Å². The summed E-state index contributed by atoms with van der Waals surface area (Å²) in [6.45, 7) is 6.30.